The zero-order valence-electron chi connectivity index (χ0n) is 18.9. The minimum absolute atomic E-state index is 0.0412. The highest BCUT2D eigenvalue weighted by atomic mass is 16.5. The van der Waals surface area contributed by atoms with Crippen molar-refractivity contribution in [2.75, 3.05) is 20.6 Å². The number of hydrogen-bond donors (Lipinski definition) is 1. The number of carbonyl (C=O) groups is 1. The Morgan fingerprint density at radius 1 is 1.31 bits per heavy atom. The number of carbonyl (C=O) groups excluding carboxylic acids is 1. The predicted molar refractivity (Wildman–Crippen MR) is 121 cm³/mol. The van der Waals surface area contributed by atoms with Crippen molar-refractivity contribution >= 4 is 12.0 Å². The summed E-state index contributed by atoms with van der Waals surface area (Å²) in [5.74, 6) is 0.837. The summed E-state index contributed by atoms with van der Waals surface area (Å²) < 4.78 is 11.7. The minimum Gasteiger partial charge on any atom is -0.504 e. The molecule has 4 aliphatic rings. The average molecular weight is 435 g/mol. The van der Waals surface area contributed by atoms with Crippen molar-refractivity contribution < 1.29 is 19.1 Å². The van der Waals surface area contributed by atoms with Gasteiger partial charge in [-0.3, -0.25) is 4.79 Å². The molecule has 2 aliphatic heterocycles. The van der Waals surface area contributed by atoms with Crippen molar-refractivity contribution in [3.63, 3.8) is 0 Å². The van der Waals surface area contributed by atoms with Crippen LogP contribution >= 0.6 is 0 Å². The fraction of sp³-hybridized carbons (Fsp3) is 0.500. The maximum atomic E-state index is 13.1. The first-order valence-electron chi connectivity index (χ1n) is 11.6. The molecule has 1 N–H and O–H groups in total. The first-order valence-corrected chi connectivity index (χ1v) is 11.6. The molecule has 1 aromatic carbocycles. The summed E-state index contributed by atoms with van der Waals surface area (Å²) >= 11 is 0. The fourth-order valence-electron chi connectivity index (χ4n) is 7.42. The number of benzene rings is 1. The molecule has 1 amide bonds. The molecule has 1 aromatic heterocycles. The van der Waals surface area contributed by atoms with Crippen LogP contribution in [-0.4, -0.2) is 59.6 Å². The summed E-state index contributed by atoms with van der Waals surface area (Å²) in [4.78, 5) is 17.5. The Hall–Kier alpha value is -2.73. The first-order chi connectivity index (χ1) is 15.4. The van der Waals surface area contributed by atoms with Crippen molar-refractivity contribution in [3.8, 4) is 11.5 Å². The van der Waals surface area contributed by atoms with Gasteiger partial charge in [0.25, 0.3) is 0 Å². The second-order valence-electron chi connectivity index (χ2n) is 10.3. The van der Waals surface area contributed by atoms with Crippen molar-refractivity contribution in [2.24, 2.45) is 5.41 Å². The van der Waals surface area contributed by atoms with E-state index in [9.17, 15) is 9.90 Å². The van der Waals surface area contributed by atoms with Crippen LogP contribution in [0.3, 0.4) is 0 Å². The van der Waals surface area contributed by atoms with Gasteiger partial charge < -0.3 is 24.1 Å². The maximum Gasteiger partial charge on any atom is 0.246 e. The van der Waals surface area contributed by atoms with E-state index >= 15 is 0 Å². The van der Waals surface area contributed by atoms with Gasteiger partial charge in [0, 0.05) is 35.7 Å². The van der Waals surface area contributed by atoms with Gasteiger partial charge in [0.1, 0.15) is 6.10 Å². The molecular formula is C26H30N2O4. The predicted octanol–water partition coefficient (Wildman–Crippen LogP) is 3.58. The molecular weight excluding hydrogens is 404 g/mol. The van der Waals surface area contributed by atoms with E-state index in [4.69, 9.17) is 9.15 Å². The van der Waals surface area contributed by atoms with Gasteiger partial charge in [0.05, 0.1) is 18.6 Å². The molecule has 32 heavy (non-hydrogen) atoms. The van der Waals surface area contributed by atoms with Gasteiger partial charge in [0.2, 0.25) is 5.91 Å². The highest BCUT2D eigenvalue weighted by Gasteiger charge is 2.71. The van der Waals surface area contributed by atoms with Crippen LogP contribution in [-0.2, 0) is 16.6 Å². The van der Waals surface area contributed by atoms with E-state index in [0.29, 0.717) is 11.8 Å². The Labute approximate surface area is 188 Å². The molecule has 168 valence electrons. The van der Waals surface area contributed by atoms with Crippen LogP contribution in [0.2, 0.25) is 0 Å². The van der Waals surface area contributed by atoms with Crippen molar-refractivity contribution in [1.82, 2.24) is 9.80 Å². The van der Waals surface area contributed by atoms with Crippen molar-refractivity contribution in [2.45, 2.75) is 56.2 Å². The Balaban J connectivity index is 1.42. The van der Waals surface area contributed by atoms with Crippen molar-refractivity contribution in [1.29, 1.82) is 0 Å². The number of phenolic OH excluding ortho intramolecular Hbond substituents is 1. The number of likely N-dealkylation sites (tertiary alicyclic amines) is 1. The molecule has 0 unspecified atom stereocenters. The summed E-state index contributed by atoms with van der Waals surface area (Å²) in [7, 11) is 4.12. The standard InChI is InChI=1S/C26H30N2O4/c1-25-10-8-18(28(3)21(30)7-4-16-9-13-31-15-16)24-26(25)11-12-27(2)20(25)14-17-5-6-19(29)23(32-24)22(17)26/h4-7,9,13,15,18,20,24,29H,8,10-12,14H2,1-3H3/b7-4+/t18-,20-,24+,25+,26+/m1/s1. The highest BCUT2D eigenvalue weighted by Crippen LogP contribution is 2.69. The largest absolute Gasteiger partial charge is 0.504 e. The van der Waals surface area contributed by atoms with Crippen LogP contribution in [0.1, 0.15) is 42.9 Å². The Morgan fingerprint density at radius 3 is 2.94 bits per heavy atom. The lowest BCUT2D eigenvalue weighted by Gasteiger charge is -2.65. The molecule has 0 radical (unpaired) electrons. The van der Waals surface area contributed by atoms with Crippen LogP contribution in [0.15, 0.2) is 41.2 Å². The number of amides is 1. The monoisotopic (exact) mass is 434 g/mol. The van der Waals surface area contributed by atoms with Crippen LogP contribution in [0.4, 0.5) is 0 Å². The zero-order chi connectivity index (χ0) is 22.3. The topological polar surface area (TPSA) is 66.2 Å². The van der Waals surface area contributed by atoms with E-state index in [-0.39, 0.29) is 34.6 Å². The number of ether oxygens (including phenoxy) is 1. The molecule has 1 spiro atoms. The molecule has 1 saturated heterocycles. The number of likely N-dealkylation sites (N-methyl/N-ethyl adjacent to an activating group) is 2. The third-order valence-electron chi connectivity index (χ3n) is 9.07. The number of nitrogens with zero attached hydrogens (tertiary/aromatic N) is 2. The van der Waals surface area contributed by atoms with Gasteiger partial charge in [0.15, 0.2) is 11.5 Å². The zero-order valence-corrected chi connectivity index (χ0v) is 18.9. The van der Waals surface area contributed by atoms with Gasteiger partial charge in [-0.2, -0.15) is 0 Å². The first kappa shape index (κ1) is 19.9. The molecule has 6 heteroatoms. The molecule has 2 aromatic rings. The Bertz CT molecular complexity index is 1110. The van der Waals surface area contributed by atoms with Gasteiger partial charge in [-0.15, -0.1) is 0 Å². The number of furan rings is 1. The van der Waals surface area contributed by atoms with Crippen LogP contribution in [0, 0.1) is 5.41 Å². The second kappa shape index (κ2) is 6.64. The molecule has 6 rings (SSSR count). The number of piperidine rings is 1. The van der Waals surface area contributed by atoms with E-state index in [1.807, 2.05) is 18.0 Å². The summed E-state index contributed by atoms with van der Waals surface area (Å²) in [6, 6.07) is 6.08. The lowest BCUT2D eigenvalue weighted by atomic mass is 9.43. The third kappa shape index (κ3) is 2.36. The second-order valence-corrected chi connectivity index (χ2v) is 10.3. The number of rotatable bonds is 3. The Morgan fingerprint density at radius 2 is 2.16 bits per heavy atom. The van der Waals surface area contributed by atoms with Crippen LogP contribution < -0.4 is 4.74 Å². The number of phenols is 1. The molecule has 2 fully saturated rings. The number of hydrogen-bond acceptors (Lipinski definition) is 5. The molecule has 2 bridgehead atoms. The molecule has 1 saturated carbocycles. The van der Waals surface area contributed by atoms with E-state index < -0.39 is 0 Å². The van der Waals surface area contributed by atoms with Gasteiger partial charge in [-0.25, -0.2) is 0 Å². The van der Waals surface area contributed by atoms with Crippen LogP contribution in [0.25, 0.3) is 6.08 Å². The SMILES string of the molecule is CN1CC[C@]23c4c5ccc(O)c4O[C@H]2[C@H](N(C)C(=O)/C=C/c2ccoc2)CC[C@@]3(C)[C@H]1C5. The minimum atomic E-state index is -0.183. The quantitative estimate of drug-likeness (QED) is 0.748. The van der Waals surface area contributed by atoms with Gasteiger partial charge in [-0.1, -0.05) is 13.0 Å². The summed E-state index contributed by atoms with van der Waals surface area (Å²) in [5.41, 5.74) is 3.24. The fourth-order valence-corrected chi connectivity index (χ4v) is 7.42. The third-order valence-corrected chi connectivity index (χ3v) is 9.07. The van der Waals surface area contributed by atoms with E-state index in [1.54, 1.807) is 30.7 Å². The normalized spacial score (nSPS) is 34.9. The average Bonchev–Trinajstić information content (AvgIpc) is 3.41. The van der Waals surface area contributed by atoms with E-state index in [0.717, 1.165) is 37.8 Å². The lowest BCUT2D eigenvalue weighted by molar-refractivity contribution is -0.148. The Kier molecular flexibility index (Phi) is 4.13. The maximum absolute atomic E-state index is 13.1. The summed E-state index contributed by atoms with van der Waals surface area (Å²) in [6.07, 6.45) is 10.3. The van der Waals surface area contributed by atoms with E-state index in [1.165, 1.54) is 11.1 Å². The summed E-state index contributed by atoms with van der Waals surface area (Å²) in [5, 5.41) is 10.7. The molecule has 2 aliphatic carbocycles. The van der Waals surface area contributed by atoms with E-state index in [2.05, 4.69) is 24.9 Å². The van der Waals surface area contributed by atoms with Crippen LogP contribution in [0.5, 0.6) is 11.5 Å². The smallest absolute Gasteiger partial charge is 0.246 e. The lowest BCUT2D eigenvalue weighted by Crippen LogP contribution is -2.73. The van der Waals surface area contributed by atoms with Gasteiger partial charge in [-0.05, 0) is 68.5 Å². The highest BCUT2D eigenvalue weighted by molar-refractivity contribution is 5.91. The van der Waals surface area contributed by atoms with Gasteiger partial charge >= 0.3 is 0 Å². The summed E-state index contributed by atoms with van der Waals surface area (Å²) in [6.45, 7) is 3.42. The number of aromatic hydroxyl groups is 1. The molecule has 3 heterocycles. The molecule has 6 nitrogen and oxygen atoms in total. The molecule has 5 atom stereocenters. The van der Waals surface area contributed by atoms with Crippen molar-refractivity contribution in [3.05, 3.63) is 53.5 Å².